The lowest BCUT2D eigenvalue weighted by molar-refractivity contribution is 0.632. The molecular weight excluding hydrogens is 313 g/mol. The summed E-state index contributed by atoms with van der Waals surface area (Å²) in [5, 5.41) is 8.13. The Morgan fingerprint density at radius 3 is 2.70 bits per heavy atom. The van der Waals surface area contributed by atoms with Crippen LogP contribution in [-0.2, 0) is 6.42 Å². The predicted octanol–water partition coefficient (Wildman–Crippen LogP) is 3.66. The molecule has 0 amide bonds. The quantitative estimate of drug-likeness (QED) is 0.643. The number of halogens is 1. The number of hydrogen-bond acceptors (Lipinski definition) is 6. The van der Waals surface area contributed by atoms with Crippen molar-refractivity contribution in [3.63, 3.8) is 0 Å². The molecule has 0 aliphatic heterocycles. The molecule has 118 valence electrons. The molecule has 7 heteroatoms. The number of nitrogens with two attached hydrogens (primary N) is 1. The molecule has 0 aliphatic rings. The second-order valence-electron chi connectivity index (χ2n) is 4.85. The number of aromatic nitrogens is 2. The summed E-state index contributed by atoms with van der Waals surface area (Å²) in [4.78, 5) is 9.51. The highest BCUT2D eigenvalue weighted by molar-refractivity contribution is 7.09. The van der Waals surface area contributed by atoms with Gasteiger partial charge >= 0.3 is 0 Å². The smallest absolute Gasteiger partial charge is 0.159 e. The van der Waals surface area contributed by atoms with Crippen LogP contribution in [0.15, 0.2) is 48.1 Å². The van der Waals surface area contributed by atoms with Crippen LogP contribution in [0.5, 0.6) is 0 Å². The molecule has 0 saturated carbocycles. The van der Waals surface area contributed by atoms with E-state index in [2.05, 4.69) is 26.7 Å². The minimum Gasteiger partial charge on any atom is -0.393 e. The Balaban J connectivity index is 1.69. The first-order valence-corrected chi connectivity index (χ1v) is 8.00. The summed E-state index contributed by atoms with van der Waals surface area (Å²) in [5.74, 6) is 0.553. The molecule has 2 aromatic heterocycles. The number of nitrogens with zero attached hydrogens (tertiary/aromatic N) is 2. The van der Waals surface area contributed by atoms with Gasteiger partial charge in [0.1, 0.15) is 17.8 Å². The van der Waals surface area contributed by atoms with Crippen molar-refractivity contribution in [1.29, 1.82) is 0 Å². The number of nitrogens with one attached hydrogen (secondary N) is 2. The first kappa shape index (κ1) is 15.2. The molecule has 3 rings (SSSR count). The number of para-hydroxylation sites is 1. The summed E-state index contributed by atoms with van der Waals surface area (Å²) in [7, 11) is 0. The number of rotatable bonds is 6. The van der Waals surface area contributed by atoms with Crippen LogP contribution in [0.2, 0.25) is 0 Å². The Kier molecular flexibility index (Phi) is 4.68. The van der Waals surface area contributed by atoms with Crippen molar-refractivity contribution in [2.45, 2.75) is 6.42 Å². The standard InChI is InChI=1S/C16H16FN5S/c17-12-5-1-2-6-13(12)22-16-14(18)15(20-10-21-16)19-8-7-11-4-3-9-23-11/h1-6,9-10H,7-8,18H2,(H2,19,20,21,22). The maximum atomic E-state index is 13.7. The first-order chi connectivity index (χ1) is 11.2. The van der Waals surface area contributed by atoms with Crippen LogP contribution in [0.3, 0.4) is 0 Å². The Morgan fingerprint density at radius 1 is 1.09 bits per heavy atom. The lowest BCUT2D eigenvalue weighted by atomic mass is 10.3. The summed E-state index contributed by atoms with van der Waals surface area (Å²) in [6.07, 6.45) is 2.28. The third kappa shape index (κ3) is 3.75. The van der Waals surface area contributed by atoms with Crippen LogP contribution in [0, 0.1) is 5.82 Å². The molecule has 0 radical (unpaired) electrons. The number of nitrogen functional groups attached to an aromatic ring is 1. The van der Waals surface area contributed by atoms with E-state index in [0.29, 0.717) is 29.6 Å². The van der Waals surface area contributed by atoms with Crippen molar-refractivity contribution in [3.05, 3.63) is 58.8 Å². The minimum absolute atomic E-state index is 0.322. The van der Waals surface area contributed by atoms with Gasteiger partial charge < -0.3 is 16.4 Å². The summed E-state index contributed by atoms with van der Waals surface area (Å²) >= 11 is 1.71. The molecule has 23 heavy (non-hydrogen) atoms. The van der Waals surface area contributed by atoms with Crippen LogP contribution >= 0.6 is 11.3 Å². The van der Waals surface area contributed by atoms with Crippen molar-refractivity contribution >= 4 is 34.3 Å². The largest absolute Gasteiger partial charge is 0.393 e. The molecule has 5 nitrogen and oxygen atoms in total. The Bertz CT molecular complexity index is 776. The Morgan fingerprint density at radius 2 is 1.91 bits per heavy atom. The highest BCUT2D eigenvalue weighted by atomic mass is 32.1. The number of benzene rings is 1. The summed E-state index contributed by atoms with van der Waals surface area (Å²) in [5.41, 5.74) is 6.76. The Hall–Kier alpha value is -2.67. The van der Waals surface area contributed by atoms with Crippen LogP contribution in [0.25, 0.3) is 0 Å². The van der Waals surface area contributed by atoms with E-state index in [9.17, 15) is 4.39 Å². The normalized spacial score (nSPS) is 10.5. The third-order valence-electron chi connectivity index (χ3n) is 3.25. The van der Waals surface area contributed by atoms with Crippen molar-refractivity contribution in [2.24, 2.45) is 0 Å². The zero-order valence-electron chi connectivity index (χ0n) is 12.3. The summed E-state index contributed by atoms with van der Waals surface area (Å²) in [6.45, 7) is 0.709. The average Bonchev–Trinajstić information content (AvgIpc) is 3.06. The lowest BCUT2D eigenvalue weighted by Gasteiger charge is -2.12. The molecule has 0 fully saturated rings. The molecular formula is C16H16FN5S. The Labute approximate surface area is 137 Å². The van der Waals surface area contributed by atoms with Gasteiger partial charge in [-0.3, -0.25) is 0 Å². The van der Waals surface area contributed by atoms with Crippen molar-refractivity contribution in [2.75, 3.05) is 22.9 Å². The van der Waals surface area contributed by atoms with Gasteiger partial charge in [-0.2, -0.15) is 0 Å². The van der Waals surface area contributed by atoms with Gasteiger partial charge in [0.05, 0.1) is 5.69 Å². The molecule has 0 spiro atoms. The highest BCUT2D eigenvalue weighted by Gasteiger charge is 2.10. The van der Waals surface area contributed by atoms with Gasteiger partial charge in [-0.15, -0.1) is 11.3 Å². The molecule has 4 N–H and O–H groups in total. The van der Waals surface area contributed by atoms with E-state index in [1.165, 1.54) is 17.3 Å². The zero-order valence-corrected chi connectivity index (χ0v) is 13.1. The molecule has 0 saturated heterocycles. The lowest BCUT2D eigenvalue weighted by Crippen LogP contribution is -2.10. The van der Waals surface area contributed by atoms with E-state index in [1.807, 2.05) is 11.4 Å². The highest BCUT2D eigenvalue weighted by Crippen LogP contribution is 2.26. The van der Waals surface area contributed by atoms with E-state index >= 15 is 0 Å². The third-order valence-corrected chi connectivity index (χ3v) is 4.19. The molecule has 0 unspecified atom stereocenters. The van der Waals surface area contributed by atoms with Crippen LogP contribution in [0.1, 0.15) is 4.88 Å². The molecule has 0 aliphatic carbocycles. The summed E-state index contributed by atoms with van der Waals surface area (Å²) < 4.78 is 13.7. The fraction of sp³-hybridized carbons (Fsp3) is 0.125. The average molecular weight is 329 g/mol. The van der Waals surface area contributed by atoms with Gasteiger partial charge in [-0.05, 0) is 30.0 Å². The van der Waals surface area contributed by atoms with Crippen LogP contribution in [-0.4, -0.2) is 16.5 Å². The maximum Gasteiger partial charge on any atom is 0.159 e. The van der Waals surface area contributed by atoms with E-state index in [0.717, 1.165) is 6.42 Å². The maximum absolute atomic E-state index is 13.7. The summed E-state index contributed by atoms with van der Waals surface area (Å²) in [6, 6.07) is 10.5. The molecule has 3 aromatic rings. The fourth-order valence-electron chi connectivity index (χ4n) is 2.09. The van der Waals surface area contributed by atoms with Gasteiger partial charge in [-0.1, -0.05) is 18.2 Å². The number of anilines is 4. The SMILES string of the molecule is Nc1c(NCCc2cccs2)ncnc1Nc1ccccc1F. The second kappa shape index (κ2) is 7.06. The van der Waals surface area contributed by atoms with Crippen LogP contribution in [0.4, 0.5) is 27.4 Å². The first-order valence-electron chi connectivity index (χ1n) is 7.12. The van der Waals surface area contributed by atoms with E-state index in [-0.39, 0.29) is 5.82 Å². The van der Waals surface area contributed by atoms with Crippen molar-refractivity contribution in [1.82, 2.24) is 9.97 Å². The number of hydrogen-bond donors (Lipinski definition) is 3. The predicted molar refractivity (Wildman–Crippen MR) is 92.6 cm³/mol. The molecule has 1 aromatic carbocycles. The van der Waals surface area contributed by atoms with Gasteiger partial charge in [0.25, 0.3) is 0 Å². The molecule has 2 heterocycles. The minimum atomic E-state index is -0.363. The van der Waals surface area contributed by atoms with Crippen molar-refractivity contribution in [3.8, 4) is 0 Å². The van der Waals surface area contributed by atoms with Gasteiger partial charge in [0.2, 0.25) is 0 Å². The topological polar surface area (TPSA) is 75.9 Å². The second-order valence-corrected chi connectivity index (χ2v) is 5.88. The van der Waals surface area contributed by atoms with Crippen molar-refractivity contribution < 1.29 is 4.39 Å². The van der Waals surface area contributed by atoms with E-state index in [1.54, 1.807) is 29.5 Å². The molecule has 0 bridgehead atoms. The van der Waals surface area contributed by atoms with Gasteiger partial charge in [0, 0.05) is 11.4 Å². The van der Waals surface area contributed by atoms with Gasteiger partial charge in [0.15, 0.2) is 11.6 Å². The molecule has 0 atom stereocenters. The zero-order chi connectivity index (χ0) is 16.1. The van der Waals surface area contributed by atoms with Gasteiger partial charge in [-0.25, -0.2) is 14.4 Å². The fourth-order valence-corrected chi connectivity index (χ4v) is 2.79. The van der Waals surface area contributed by atoms with E-state index in [4.69, 9.17) is 5.73 Å². The number of thiophene rings is 1. The van der Waals surface area contributed by atoms with E-state index < -0.39 is 0 Å². The van der Waals surface area contributed by atoms with Crippen LogP contribution < -0.4 is 16.4 Å². The monoisotopic (exact) mass is 329 g/mol.